The van der Waals surface area contributed by atoms with Crippen LogP contribution in [0.4, 0.5) is 10.5 Å². The Labute approximate surface area is 273 Å². The largest absolute Gasteiger partial charge is 0.441 e. The van der Waals surface area contributed by atoms with Crippen molar-refractivity contribution in [2.45, 2.75) is 57.3 Å². The van der Waals surface area contributed by atoms with Crippen LogP contribution >= 0.6 is 0 Å². The molecule has 1 aliphatic rings. The number of aryl methyl sites for hydroxylation is 1. The summed E-state index contributed by atoms with van der Waals surface area (Å²) in [5, 5.41) is 14.4. The molecule has 0 unspecified atom stereocenters. The Morgan fingerprint density at radius 2 is 1.81 bits per heavy atom. The van der Waals surface area contributed by atoms with Gasteiger partial charge in [-0.05, 0) is 49.1 Å². The summed E-state index contributed by atoms with van der Waals surface area (Å²) in [6.07, 6.45) is -3.12. The van der Waals surface area contributed by atoms with E-state index in [0.29, 0.717) is 28.2 Å². The number of nitrogens with zero attached hydrogens (tertiary/aromatic N) is 3. The monoisotopic (exact) mass is 662 g/mol. The van der Waals surface area contributed by atoms with Crippen molar-refractivity contribution in [3.63, 3.8) is 0 Å². The van der Waals surface area contributed by atoms with Crippen LogP contribution in [-0.4, -0.2) is 78.5 Å². The average Bonchev–Trinajstić information content (AvgIpc) is 3.61. The highest BCUT2D eigenvalue weighted by Gasteiger charge is 2.39. The number of amides is 2. The number of nitrogens with one attached hydrogen (secondary N) is 1. The maximum Gasteiger partial charge on any atom is 0.415 e. The van der Waals surface area contributed by atoms with E-state index in [0.717, 1.165) is 5.56 Å². The standard InChI is InChI=1S/C34H38N4O8S/c1-21(2)18-37(47(43,44)27-13-14-28-31(17-27)45-23(4)35-28)19-30(40)29(15-24-9-6-5-7-10-24)36-33(41)32-20-38(34(42)46-32)26-12-8-11-25(16-26)22(3)39/h5-14,16-17,21,29-30,32,40H,15,18-20H2,1-4H3,(H,36,41)/t29-,30+,32-/m0/s1. The fraction of sp³-hybridized carbons (Fsp3) is 0.353. The van der Waals surface area contributed by atoms with E-state index in [1.54, 1.807) is 37.3 Å². The number of cyclic esters (lactones) is 1. The van der Waals surface area contributed by atoms with E-state index in [9.17, 15) is 27.9 Å². The quantitative estimate of drug-likeness (QED) is 0.201. The number of aliphatic hydroxyl groups excluding tert-OH is 1. The molecule has 3 aromatic carbocycles. The number of hydrogen-bond acceptors (Lipinski definition) is 9. The topological polar surface area (TPSA) is 159 Å². The Morgan fingerprint density at radius 3 is 2.51 bits per heavy atom. The van der Waals surface area contributed by atoms with Gasteiger partial charge in [-0.15, -0.1) is 0 Å². The van der Waals surface area contributed by atoms with Crippen LogP contribution in [0.5, 0.6) is 0 Å². The number of ketones is 1. The van der Waals surface area contributed by atoms with E-state index in [-0.39, 0.29) is 42.7 Å². The number of oxazole rings is 1. The van der Waals surface area contributed by atoms with Gasteiger partial charge in [0.1, 0.15) is 5.52 Å². The summed E-state index contributed by atoms with van der Waals surface area (Å²) in [4.78, 5) is 43.6. The van der Waals surface area contributed by atoms with Crippen LogP contribution < -0.4 is 10.2 Å². The Morgan fingerprint density at radius 1 is 1.06 bits per heavy atom. The summed E-state index contributed by atoms with van der Waals surface area (Å²) >= 11 is 0. The number of Topliss-reactive ketones (excluding diaryl/α,β-unsaturated/α-hetero) is 1. The number of sulfonamides is 1. The second-order valence-electron chi connectivity index (χ2n) is 12.0. The Bertz CT molecular complexity index is 1880. The zero-order valence-corrected chi connectivity index (χ0v) is 27.4. The molecule has 5 rings (SSSR count). The number of ether oxygens (including phenoxy) is 1. The molecule has 0 saturated carbocycles. The first kappa shape index (κ1) is 33.8. The molecule has 2 N–H and O–H groups in total. The van der Waals surface area contributed by atoms with Crippen molar-refractivity contribution in [1.82, 2.24) is 14.6 Å². The third-order valence-corrected chi connectivity index (χ3v) is 9.65. The summed E-state index contributed by atoms with van der Waals surface area (Å²) in [5.74, 6) is -0.494. The van der Waals surface area contributed by atoms with Crippen LogP contribution in [0, 0.1) is 12.8 Å². The maximum absolute atomic E-state index is 13.9. The number of fused-ring (bicyclic) bond motifs is 1. The van der Waals surface area contributed by atoms with Gasteiger partial charge in [-0.1, -0.05) is 56.3 Å². The van der Waals surface area contributed by atoms with Gasteiger partial charge in [0.15, 0.2) is 23.4 Å². The first-order chi connectivity index (χ1) is 22.3. The van der Waals surface area contributed by atoms with Gasteiger partial charge in [0.05, 0.1) is 23.6 Å². The number of aromatic nitrogens is 1. The second-order valence-corrected chi connectivity index (χ2v) is 14.0. The lowest BCUT2D eigenvalue weighted by atomic mass is 10.0. The summed E-state index contributed by atoms with van der Waals surface area (Å²) in [6, 6.07) is 19.1. The fourth-order valence-corrected chi connectivity index (χ4v) is 7.11. The Hall–Kier alpha value is -4.59. The molecule has 2 amide bonds. The summed E-state index contributed by atoms with van der Waals surface area (Å²) in [6.45, 7) is 6.50. The van der Waals surface area contributed by atoms with Gasteiger partial charge in [0, 0.05) is 37.3 Å². The molecule has 0 bridgehead atoms. The van der Waals surface area contributed by atoms with Gasteiger partial charge in [-0.25, -0.2) is 18.2 Å². The highest BCUT2D eigenvalue weighted by molar-refractivity contribution is 7.89. The number of anilines is 1. The zero-order chi connectivity index (χ0) is 33.9. The lowest BCUT2D eigenvalue weighted by Crippen LogP contribution is -2.53. The Kier molecular flexibility index (Phi) is 10.1. The highest BCUT2D eigenvalue weighted by Crippen LogP contribution is 2.26. The minimum absolute atomic E-state index is 0.00977. The normalized spacial score (nSPS) is 16.4. The first-order valence-electron chi connectivity index (χ1n) is 15.3. The molecular formula is C34H38N4O8S. The van der Waals surface area contributed by atoms with Crippen LogP contribution in [0.3, 0.4) is 0 Å². The van der Waals surface area contributed by atoms with Crippen molar-refractivity contribution in [3.8, 4) is 0 Å². The average molecular weight is 663 g/mol. The number of rotatable bonds is 13. The van der Waals surface area contributed by atoms with Crippen molar-refractivity contribution in [2.75, 3.05) is 24.5 Å². The van der Waals surface area contributed by atoms with Crippen molar-refractivity contribution < 1.29 is 37.1 Å². The van der Waals surface area contributed by atoms with Crippen LogP contribution in [0.1, 0.15) is 42.6 Å². The molecule has 0 aliphatic carbocycles. The maximum atomic E-state index is 13.9. The van der Waals surface area contributed by atoms with Gasteiger partial charge in [0.25, 0.3) is 5.91 Å². The minimum atomic E-state index is -4.11. The molecule has 2 heterocycles. The van der Waals surface area contributed by atoms with Crippen LogP contribution in [0.25, 0.3) is 11.1 Å². The molecule has 13 heteroatoms. The number of aliphatic hydroxyl groups is 1. The van der Waals surface area contributed by atoms with Gasteiger partial charge in [0.2, 0.25) is 10.0 Å². The summed E-state index contributed by atoms with van der Waals surface area (Å²) in [7, 11) is -4.11. The van der Waals surface area contributed by atoms with E-state index >= 15 is 0 Å². The molecule has 1 aromatic heterocycles. The van der Waals surface area contributed by atoms with Gasteiger partial charge in [-0.2, -0.15) is 4.31 Å². The lowest BCUT2D eigenvalue weighted by molar-refractivity contribution is -0.129. The van der Waals surface area contributed by atoms with Gasteiger partial charge >= 0.3 is 6.09 Å². The predicted octanol–water partition coefficient (Wildman–Crippen LogP) is 4.10. The number of carbonyl (C=O) groups excluding carboxylic acids is 3. The molecule has 0 radical (unpaired) electrons. The van der Waals surface area contributed by atoms with Crippen molar-refractivity contribution in [1.29, 1.82) is 0 Å². The van der Waals surface area contributed by atoms with Crippen molar-refractivity contribution >= 4 is 44.6 Å². The second kappa shape index (κ2) is 14.0. The van der Waals surface area contributed by atoms with E-state index in [1.165, 1.54) is 28.3 Å². The third kappa shape index (κ3) is 7.87. The van der Waals surface area contributed by atoms with Crippen LogP contribution in [-0.2, 0) is 26.0 Å². The highest BCUT2D eigenvalue weighted by atomic mass is 32.2. The molecule has 4 aromatic rings. The van der Waals surface area contributed by atoms with Gasteiger partial charge in [-0.3, -0.25) is 14.5 Å². The summed E-state index contributed by atoms with van der Waals surface area (Å²) in [5.41, 5.74) is 2.47. The molecule has 248 valence electrons. The van der Waals surface area contributed by atoms with Gasteiger partial charge < -0.3 is 19.6 Å². The van der Waals surface area contributed by atoms with Crippen molar-refractivity contribution in [2.24, 2.45) is 5.92 Å². The fourth-order valence-electron chi connectivity index (χ4n) is 5.47. The third-order valence-electron chi connectivity index (χ3n) is 7.82. The molecule has 1 aliphatic heterocycles. The smallest absolute Gasteiger partial charge is 0.415 e. The number of carbonyl (C=O) groups is 3. The first-order valence-corrected chi connectivity index (χ1v) is 16.7. The molecule has 3 atom stereocenters. The van der Waals surface area contributed by atoms with Crippen LogP contribution in [0.2, 0.25) is 0 Å². The Balaban J connectivity index is 1.37. The number of hydrogen-bond donors (Lipinski definition) is 2. The SMILES string of the molecule is CC(=O)c1cccc(N2C[C@@H](C(=O)N[C@@H](Cc3ccccc3)[C@H](O)CN(CC(C)C)S(=O)(=O)c3ccc4nc(C)oc4c3)OC2=O)c1. The summed E-state index contributed by atoms with van der Waals surface area (Å²) < 4.78 is 40.0. The molecule has 12 nitrogen and oxygen atoms in total. The van der Waals surface area contributed by atoms with E-state index in [4.69, 9.17) is 9.15 Å². The molecule has 1 saturated heterocycles. The predicted molar refractivity (Wildman–Crippen MR) is 174 cm³/mol. The van der Waals surface area contributed by atoms with Crippen LogP contribution in [0.15, 0.2) is 82.1 Å². The minimum Gasteiger partial charge on any atom is -0.441 e. The molecule has 0 spiro atoms. The molecular weight excluding hydrogens is 624 g/mol. The van der Waals surface area contributed by atoms with E-state index in [2.05, 4.69) is 10.3 Å². The number of benzene rings is 3. The molecule has 1 fully saturated rings. The van der Waals surface area contributed by atoms with E-state index in [1.807, 2.05) is 44.2 Å². The van der Waals surface area contributed by atoms with E-state index < -0.39 is 40.3 Å². The van der Waals surface area contributed by atoms with Crippen molar-refractivity contribution in [3.05, 3.63) is 89.8 Å². The lowest BCUT2D eigenvalue weighted by Gasteiger charge is -2.31. The molecule has 47 heavy (non-hydrogen) atoms. The zero-order valence-electron chi connectivity index (χ0n) is 26.6.